The van der Waals surface area contributed by atoms with Gasteiger partial charge in [-0.1, -0.05) is 182 Å². The molecule has 3 nitrogen and oxygen atoms in total. The quantitative estimate of drug-likeness (QED) is 0.161. The van der Waals surface area contributed by atoms with Gasteiger partial charge >= 0.3 is 0 Å². The highest BCUT2D eigenvalue weighted by Gasteiger charge is 2.47. The fourth-order valence-electron chi connectivity index (χ4n) is 9.87. The van der Waals surface area contributed by atoms with Gasteiger partial charge in [-0.3, -0.25) is 4.98 Å². The minimum atomic E-state index is -0.592. The lowest BCUT2D eigenvalue weighted by Gasteiger charge is -2.35. The Bertz CT molecular complexity index is 3350. The Morgan fingerprint density at radius 2 is 0.967 bits per heavy atom. The number of benzene rings is 9. The van der Waals surface area contributed by atoms with E-state index < -0.39 is 5.41 Å². The molecule has 0 radical (unpaired) electrons. The SMILES string of the molecule is c1ccc(-c2ccc(N(c3cc4c(cc3-c3ccccc3)-c3ccccc3C4(c3ccccc3)c3ccccc3)c3cncc4c3oc3cc5ccccc5cc34)cc2)cc1. The lowest BCUT2D eigenvalue weighted by Crippen LogP contribution is -2.28. The minimum Gasteiger partial charge on any atom is -0.454 e. The molecular weight excluding hydrogens is 741 g/mol. The van der Waals surface area contributed by atoms with Crippen LogP contribution >= 0.6 is 0 Å². The molecule has 2 heterocycles. The van der Waals surface area contributed by atoms with E-state index in [-0.39, 0.29) is 0 Å². The van der Waals surface area contributed by atoms with Gasteiger partial charge in [0.25, 0.3) is 0 Å². The highest BCUT2D eigenvalue weighted by molar-refractivity contribution is 6.14. The smallest absolute Gasteiger partial charge is 0.162 e. The molecule has 0 atom stereocenters. The Balaban J connectivity index is 1.20. The zero-order valence-corrected chi connectivity index (χ0v) is 33.2. The maximum atomic E-state index is 7.00. The third-order valence-electron chi connectivity index (χ3n) is 12.6. The van der Waals surface area contributed by atoms with Crippen molar-refractivity contribution in [2.24, 2.45) is 0 Å². The number of hydrogen-bond donors (Lipinski definition) is 0. The molecule has 1 aliphatic carbocycles. The largest absolute Gasteiger partial charge is 0.454 e. The Morgan fingerprint density at radius 3 is 1.66 bits per heavy atom. The molecule has 2 aromatic heterocycles. The van der Waals surface area contributed by atoms with Gasteiger partial charge in [-0.25, -0.2) is 0 Å². The van der Waals surface area contributed by atoms with E-state index in [9.17, 15) is 0 Å². The fourth-order valence-corrected chi connectivity index (χ4v) is 9.87. The van der Waals surface area contributed by atoms with Crippen LogP contribution in [0.2, 0.25) is 0 Å². The van der Waals surface area contributed by atoms with Crippen LogP contribution < -0.4 is 4.90 Å². The second kappa shape index (κ2) is 14.1. The molecule has 1 aliphatic rings. The van der Waals surface area contributed by atoms with Gasteiger partial charge < -0.3 is 9.32 Å². The van der Waals surface area contributed by atoms with E-state index in [2.05, 4.69) is 223 Å². The monoisotopic (exact) mass is 778 g/mol. The van der Waals surface area contributed by atoms with E-state index in [4.69, 9.17) is 9.40 Å². The molecule has 0 fully saturated rings. The van der Waals surface area contributed by atoms with E-state index in [0.29, 0.717) is 0 Å². The van der Waals surface area contributed by atoms with Gasteiger partial charge in [0.05, 0.1) is 17.3 Å². The summed E-state index contributed by atoms with van der Waals surface area (Å²) in [5, 5.41) is 4.32. The van der Waals surface area contributed by atoms with Crippen LogP contribution in [0.15, 0.2) is 235 Å². The van der Waals surface area contributed by atoms with Crippen molar-refractivity contribution >= 4 is 49.8 Å². The molecule has 0 spiro atoms. The molecule has 0 saturated heterocycles. The number of hydrogen-bond acceptors (Lipinski definition) is 3. The van der Waals surface area contributed by atoms with E-state index >= 15 is 0 Å². The molecule has 0 amide bonds. The van der Waals surface area contributed by atoms with Crippen molar-refractivity contribution in [1.29, 1.82) is 0 Å². The topological polar surface area (TPSA) is 29.3 Å². The van der Waals surface area contributed by atoms with E-state index in [0.717, 1.165) is 61.1 Å². The third-order valence-corrected chi connectivity index (χ3v) is 12.6. The minimum absolute atomic E-state index is 0.592. The maximum Gasteiger partial charge on any atom is 0.162 e. The molecule has 11 aromatic rings. The van der Waals surface area contributed by atoms with Crippen molar-refractivity contribution in [3.05, 3.63) is 253 Å². The first kappa shape index (κ1) is 35.0. The summed E-state index contributed by atoms with van der Waals surface area (Å²) < 4.78 is 7.00. The summed E-state index contributed by atoms with van der Waals surface area (Å²) in [4.78, 5) is 7.36. The van der Waals surface area contributed by atoms with E-state index in [1.807, 2.05) is 12.4 Å². The molecule has 0 unspecified atom stereocenters. The number of pyridine rings is 1. The number of aromatic nitrogens is 1. The second-order valence-corrected chi connectivity index (χ2v) is 15.9. The van der Waals surface area contributed by atoms with Crippen LogP contribution in [-0.4, -0.2) is 4.98 Å². The van der Waals surface area contributed by atoms with Crippen molar-refractivity contribution in [2.45, 2.75) is 5.41 Å². The van der Waals surface area contributed by atoms with Crippen LogP contribution in [0.3, 0.4) is 0 Å². The number of anilines is 3. The number of fused-ring (bicyclic) bond motifs is 7. The van der Waals surface area contributed by atoms with Crippen molar-refractivity contribution in [3.8, 4) is 33.4 Å². The Morgan fingerprint density at radius 1 is 0.393 bits per heavy atom. The van der Waals surface area contributed by atoms with Crippen molar-refractivity contribution in [1.82, 2.24) is 4.98 Å². The summed E-state index contributed by atoms with van der Waals surface area (Å²) in [5.41, 5.74) is 15.9. The highest BCUT2D eigenvalue weighted by Crippen LogP contribution is 2.59. The van der Waals surface area contributed by atoms with Crippen LogP contribution in [0.5, 0.6) is 0 Å². The molecule has 0 N–H and O–H groups in total. The summed E-state index contributed by atoms with van der Waals surface area (Å²) in [6.45, 7) is 0. The zero-order chi connectivity index (χ0) is 40.3. The van der Waals surface area contributed by atoms with Gasteiger partial charge in [-0.05, 0) is 97.2 Å². The number of furan rings is 1. The predicted octanol–water partition coefficient (Wildman–Crippen LogP) is 15.3. The highest BCUT2D eigenvalue weighted by atomic mass is 16.3. The first-order valence-electron chi connectivity index (χ1n) is 20.9. The lowest BCUT2D eigenvalue weighted by atomic mass is 9.67. The number of nitrogens with zero attached hydrogens (tertiary/aromatic N) is 2. The van der Waals surface area contributed by atoms with Crippen molar-refractivity contribution in [2.75, 3.05) is 4.90 Å². The van der Waals surface area contributed by atoms with Gasteiger partial charge in [0.15, 0.2) is 5.58 Å². The summed E-state index contributed by atoms with van der Waals surface area (Å²) in [5.74, 6) is 0. The van der Waals surface area contributed by atoms with Crippen LogP contribution in [0.4, 0.5) is 17.1 Å². The van der Waals surface area contributed by atoms with E-state index in [1.165, 1.54) is 44.3 Å². The van der Waals surface area contributed by atoms with Gasteiger partial charge in [0.1, 0.15) is 11.3 Å². The molecule has 61 heavy (non-hydrogen) atoms. The standard InChI is InChI=1S/C58H38N2O/c1-5-17-39(18-6-1)40-29-31-46(32-30-40)60(55-38-59-37-51-50-33-42-21-13-14-22-43(42)34-56(50)61-57(51)55)54-36-53-49(35-48(54)41-19-7-2-8-20-41)47-27-15-16-28-52(47)58(53,44-23-9-3-10-24-44)45-25-11-4-12-26-45/h1-38H. The Kier molecular flexibility index (Phi) is 8.07. The predicted molar refractivity (Wildman–Crippen MR) is 252 cm³/mol. The fraction of sp³-hybridized carbons (Fsp3) is 0.0172. The van der Waals surface area contributed by atoms with Crippen LogP contribution in [-0.2, 0) is 5.41 Å². The normalized spacial score (nSPS) is 12.7. The molecule has 0 aliphatic heterocycles. The van der Waals surface area contributed by atoms with Crippen molar-refractivity contribution in [3.63, 3.8) is 0 Å². The maximum absolute atomic E-state index is 7.00. The average molecular weight is 779 g/mol. The first-order valence-corrected chi connectivity index (χ1v) is 20.9. The molecule has 0 saturated carbocycles. The van der Waals surface area contributed by atoms with Gasteiger partial charge in [0.2, 0.25) is 0 Å². The molecule has 286 valence electrons. The summed E-state index contributed by atoms with van der Waals surface area (Å²) in [6, 6.07) is 79.0. The molecular formula is C58H38N2O. The van der Waals surface area contributed by atoms with Crippen LogP contribution in [0.1, 0.15) is 22.3 Å². The van der Waals surface area contributed by atoms with Gasteiger partial charge in [-0.15, -0.1) is 0 Å². The van der Waals surface area contributed by atoms with Crippen LogP contribution in [0, 0.1) is 0 Å². The van der Waals surface area contributed by atoms with E-state index in [1.54, 1.807) is 0 Å². The average Bonchev–Trinajstić information content (AvgIpc) is 3.85. The molecule has 9 aromatic carbocycles. The summed E-state index contributed by atoms with van der Waals surface area (Å²) >= 11 is 0. The molecule has 12 rings (SSSR count). The van der Waals surface area contributed by atoms with Gasteiger partial charge in [-0.2, -0.15) is 0 Å². The Hall–Kier alpha value is -8.01. The third kappa shape index (κ3) is 5.48. The first-order chi connectivity index (χ1) is 30.3. The number of rotatable bonds is 7. The second-order valence-electron chi connectivity index (χ2n) is 15.9. The van der Waals surface area contributed by atoms with Gasteiger partial charge in [0, 0.05) is 28.2 Å². The lowest BCUT2D eigenvalue weighted by molar-refractivity contribution is 0.669. The molecule has 3 heteroatoms. The molecule has 0 bridgehead atoms. The Labute approximate surface area is 354 Å². The van der Waals surface area contributed by atoms with Crippen molar-refractivity contribution < 1.29 is 4.42 Å². The van der Waals surface area contributed by atoms with Crippen LogP contribution in [0.25, 0.3) is 66.1 Å². The zero-order valence-electron chi connectivity index (χ0n) is 33.2. The summed E-state index contributed by atoms with van der Waals surface area (Å²) in [7, 11) is 0. The summed E-state index contributed by atoms with van der Waals surface area (Å²) in [6.07, 6.45) is 3.91.